The fourth-order valence-electron chi connectivity index (χ4n) is 2.84. The quantitative estimate of drug-likeness (QED) is 0.334. The van der Waals surface area contributed by atoms with Crippen molar-refractivity contribution in [3.63, 3.8) is 0 Å². The van der Waals surface area contributed by atoms with Crippen LogP contribution in [-0.4, -0.2) is 58.1 Å². The average molecular weight is 510 g/mol. The van der Waals surface area contributed by atoms with Crippen LogP contribution in [0.15, 0.2) is 34.2 Å². The molecule has 1 heterocycles. The Balaban J connectivity index is 0.00000364. The van der Waals surface area contributed by atoms with E-state index < -0.39 is 10.0 Å². The van der Waals surface area contributed by atoms with E-state index in [-0.39, 0.29) is 41.0 Å². The molecule has 2 N–H and O–H groups in total. The zero-order valence-corrected chi connectivity index (χ0v) is 19.6. The topological polar surface area (TPSA) is 83.0 Å². The predicted molar refractivity (Wildman–Crippen MR) is 119 cm³/mol. The van der Waals surface area contributed by atoms with Crippen LogP contribution in [0.2, 0.25) is 0 Å². The molecule has 0 aliphatic carbocycles. The largest absolute Gasteiger partial charge is 0.373 e. The molecule has 0 aromatic heterocycles. The summed E-state index contributed by atoms with van der Waals surface area (Å²) in [5, 5.41) is 6.51. The van der Waals surface area contributed by atoms with Crippen molar-refractivity contribution in [1.82, 2.24) is 14.9 Å². The minimum atomic E-state index is -3.50. The Bertz CT molecular complexity index is 732. The zero-order chi connectivity index (χ0) is 19.2. The molecule has 2 rings (SSSR count). The molecule has 1 unspecified atom stereocenters. The lowest BCUT2D eigenvalue weighted by molar-refractivity contribution is 0.0243. The first-order chi connectivity index (χ1) is 12.3. The highest BCUT2D eigenvalue weighted by Gasteiger charge is 2.29. The van der Waals surface area contributed by atoms with Crippen molar-refractivity contribution in [3.05, 3.63) is 29.8 Å². The van der Waals surface area contributed by atoms with Crippen molar-refractivity contribution in [3.8, 4) is 0 Å². The standard InChI is InChI=1S/C18H30N4O3S.HI/c1-5-19-17(21-14-18(2)11-8-12-25-18)20-13-15-9-6-7-10-16(15)26(23,24)22(3)4;/h6-7,9-10H,5,8,11-14H2,1-4H3,(H2,19,20,21);1H. The van der Waals surface area contributed by atoms with Crippen LogP contribution in [0.4, 0.5) is 0 Å². The second kappa shape index (κ2) is 10.6. The van der Waals surface area contributed by atoms with Crippen molar-refractivity contribution < 1.29 is 13.2 Å². The number of aliphatic imine (C=N–C) groups is 1. The Hall–Kier alpha value is -0.910. The van der Waals surface area contributed by atoms with Crippen LogP contribution >= 0.6 is 24.0 Å². The number of nitrogens with one attached hydrogen (secondary N) is 2. The maximum absolute atomic E-state index is 12.5. The molecule has 0 saturated carbocycles. The lowest BCUT2D eigenvalue weighted by Gasteiger charge is -2.24. The van der Waals surface area contributed by atoms with Crippen molar-refractivity contribution in [1.29, 1.82) is 0 Å². The van der Waals surface area contributed by atoms with E-state index in [0.29, 0.717) is 18.1 Å². The highest BCUT2D eigenvalue weighted by Crippen LogP contribution is 2.24. The summed E-state index contributed by atoms with van der Waals surface area (Å²) in [5.41, 5.74) is 0.490. The summed E-state index contributed by atoms with van der Waals surface area (Å²) in [6, 6.07) is 6.97. The monoisotopic (exact) mass is 510 g/mol. The molecule has 1 atom stereocenters. The second-order valence-corrected chi connectivity index (χ2v) is 8.97. The van der Waals surface area contributed by atoms with Gasteiger partial charge in [-0.25, -0.2) is 17.7 Å². The molecular formula is C18H31IN4O3S. The number of rotatable bonds is 7. The van der Waals surface area contributed by atoms with Gasteiger partial charge in [-0.2, -0.15) is 0 Å². The number of hydrogen-bond donors (Lipinski definition) is 2. The van der Waals surface area contributed by atoms with Gasteiger partial charge in [0.1, 0.15) is 0 Å². The Labute approximate surface area is 180 Å². The van der Waals surface area contributed by atoms with Crippen LogP contribution in [0.25, 0.3) is 0 Å². The van der Waals surface area contributed by atoms with Crippen molar-refractivity contribution in [2.24, 2.45) is 4.99 Å². The maximum atomic E-state index is 12.5. The first-order valence-corrected chi connectivity index (χ1v) is 10.4. The molecule has 0 radical (unpaired) electrons. The van der Waals surface area contributed by atoms with Gasteiger partial charge in [-0.1, -0.05) is 18.2 Å². The SMILES string of the molecule is CCNC(=NCc1ccccc1S(=O)(=O)N(C)C)NCC1(C)CCCO1.I. The molecule has 1 fully saturated rings. The van der Waals surface area contributed by atoms with E-state index in [9.17, 15) is 8.42 Å². The van der Waals surface area contributed by atoms with Crippen LogP contribution in [0.1, 0.15) is 32.3 Å². The summed E-state index contributed by atoms with van der Waals surface area (Å²) in [6.45, 7) is 6.54. The predicted octanol–water partition coefficient (Wildman–Crippen LogP) is 2.18. The van der Waals surface area contributed by atoms with Gasteiger partial charge in [0.05, 0.1) is 17.0 Å². The van der Waals surface area contributed by atoms with Crippen molar-refractivity contribution in [2.45, 2.75) is 43.7 Å². The number of sulfonamides is 1. The molecule has 1 aromatic carbocycles. The van der Waals surface area contributed by atoms with Gasteiger partial charge < -0.3 is 15.4 Å². The summed E-state index contributed by atoms with van der Waals surface area (Å²) < 4.78 is 32.0. The average Bonchev–Trinajstić information content (AvgIpc) is 3.04. The van der Waals surface area contributed by atoms with Gasteiger partial charge >= 0.3 is 0 Å². The van der Waals surface area contributed by atoms with E-state index in [1.165, 1.54) is 18.4 Å². The van der Waals surface area contributed by atoms with E-state index in [1.807, 2.05) is 13.0 Å². The summed E-state index contributed by atoms with van der Waals surface area (Å²) >= 11 is 0. The number of guanidine groups is 1. The Morgan fingerprint density at radius 1 is 1.30 bits per heavy atom. The fraction of sp³-hybridized carbons (Fsp3) is 0.611. The second-order valence-electron chi connectivity index (χ2n) is 6.85. The number of ether oxygens (including phenoxy) is 1. The van der Waals surface area contributed by atoms with Gasteiger partial charge in [0, 0.05) is 33.8 Å². The van der Waals surface area contributed by atoms with E-state index in [2.05, 4.69) is 22.5 Å². The molecule has 1 aromatic rings. The highest BCUT2D eigenvalue weighted by molar-refractivity contribution is 14.0. The number of hydrogen-bond acceptors (Lipinski definition) is 4. The first kappa shape index (κ1) is 24.1. The van der Waals surface area contributed by atoms with Crippen LogP contribution in [0.5, 0.6) is 0 Å². The Kier molecular flexibility index (Phi) is 9.46. The van der Waals surface area contributed by atoms with Crippen molar-refractivity contribution >= 4 is 40.0 Å². The molecule has 1 aliphatic heterocycles. The van der Waals surface area contributed by atoms with E-state index in [4.69, 9.17) is 4.74 Å². The Morgan fingerprint density at radius 2 is 2.00 bits per heavy atom. The van der Waals surface area contributed by atoms with Gasteiger partial charge in [-0.3, -0.25) is 0 Å². The summed E-state index contributed by atoms with van der Waals surface area (Å²) in [6.07, 6.45) is 2.09. The summed E-state index contributed by atoms with van der Waals surface area (Å²) in [5.74, 6) is 0.654. The van der Waals surface area contributed by atoms with Crippen LogP contribution < -0.4 is 10.6 Å². The molecule has 0 amide bonds. The summed E-state index contributed by atoms with van der Waals surface area (Å²) in [4.78, 5) is 4.85. The Morgan fingerprint density at radius 3 is 2.59 bits per heavy atom. The summed E-state index contributed by atoms with van der Waals surface area (Å²) in [7, 11) is -0.438. The first-order valence-electron chi connectivity index (χ1n) is 8.95. The van der Waals surface area contributed by atoms with Crippen LogP contribution in [0.3, 0.4) is 0 Å². The third-order valence-corrected chi connectivity index (χ3v) is 6.33. The van der Waals surface area contributed by atoms with Gasteiger partial charge in [0.2, 0.25) is 10.0 Å². The van der Waals surface area contributed by atoms with E-state index >= 15 is 0 Å². The lowest BCUT2D eigenvalue weighted by Crippen LogP contribution is -2.45. The molecule has 1 aliphatic rings. The van der Waals surface area contributed by atoms with Gasteiger partial charge in [0.15, 0.2) is 5.96 Å². The molecule has 154 valence electrons. The van der Waals surface area contributed by atoms with E-state index in [1.54, 1.807) is 18.2 Å². The molecule has 0 bridgehead atoms. The van der Waals surface area contributed by atoms with E-state index in [0.717, 1.165) is 26.0 Å². The highest BCUT2D eigenvalue weighted by atomic mass is 127. The lowest BCUT2D eigenvalue weighted by atomic mass is 10.0. The molecule has 1 saturated heterocycles. The van der Waals surface area contributed by atoms with Crippen molar-refractivity contribution in [2.75, 3.05) is 33.8 Å². The number of halogens is 1. The third-order valence-electron chi connectivity index (χ3n) is 4.41. The zero-order valence-electron chi connectivity index (χ0n) is 16.5. The van der Waals surface area contributed by atoms with Gasteiger partial charge in [0.25, 0.3) is 0 Å². The van der Waals surface area contributed by atoms with Gasteiger partial charge in [-0.05, 0) is 38.3 Å². The molecular weight excluding hydrogens is 479 g/mol. The van der Waals surface area contributed by atoms with Gasteiger partial charge in [-0.15, -0.1) is 24.0 Å². The van der Waals surface area contributed by atoms with Crippen LogP contribution in [0, 0.1) is 0 Å². The van der Waals surface area contributed by atoms with Crippen LogP contribution in [-0.2, 0) is 21.3 Å². The minimum Gasteiger partial charge on any atom is -0.373 e. The molecule has 9 heteroatoms. The molecule has 0 spiro atoms. The minimum absolute atomic E-state index is 0. The smallest absolute Gasteiger partial charge is 0.242 e. The fourth-order valence-corrected chi connectivity index (χ4v) is 3.94. The maximum Gasteiger partial charge on any atom is 0.242 e. The third kappa shape index (κ3) is 6.58. The molecule has 7 nitrogen and oxygen atoms in total. The number of benzene rings is 1. The number of nitrogens with zero attached hydrogens (tertiary/aromatic N) is 2. The molecule has 27 heavy (non-hydrogen) atoms. The normalized spacial score (nSPS) is 20.4.